The van der Waals surface area contributed by atoms with Gasteiger partial charge in [0.05, 0.1) is 5.92 Å². The zero-order chi connectivity index (χ0) is 15.2. The topological polar surface area (TPSA) is 57.3 Å². The first-order valence-electron chi connectivity index (χ1n) is 8.51. The smallest absolute Gasteiger partial charge is 0.224 e. The number of pyridine rings is 1. The summed E-state index contributed by atoms with van der Waals surface area (Å²) >= 11 is 0. The van der Waals surface area contributed by atoms with E-state index in [9.17, 15) is 4.79 Å². The lowest BCUT2D eigenvalue weighted by Gasteiger charge is -2.28. The van der Waals surface area contributed by atoms with Gasteiger partial charge in [-0.3, -0.25) is 4.79 Å². The highest BCUT2D eigenvalue weighted by molar-refractivity contribution is 5.79. The molecule has 3 rings (SSSR count). The van der Waals surface area contributed by atoms with Crippen LogP contribution in [0.3, 0.4) is 0 Å². The Kier molecular flexibility index (Phi) is 5.27. The van der Waals surface area contributed by atoms with Crippen LogP contribution in [0.1, 0.15) is 37.7 Å². The predicted molar refractivity (Wildman–Crippen MR) is 87.7 cm³/mol. The number of aromatic nitrogens is 1. The second-order valence-corrected chi connectivity index (χ2v) is 6.33. The highest BCUT2D eigenvalue weighted by Gasteiger charge is 2.20. The largest absolute Gasteiger partial charge is 0.357 e. The zero-order valence-corrected chi connectivity index (χ0v) is 13.2. The molecule has 5 nitrogen and oxygen atoms in total. The van der Waals surface area contributed by atoms with Gasteiger partial charge in [-0.15, -0.1) is 0 Å². The number of rotatable bonds is 4. The fourth-order valence-corrected chi connectivity index (χ4v) is 3.28. The normalized spacial score (nSPS) is 22.4. The average molecular weight is 302 g/mol. The number of piperidine rings is 2. The van der Waals surface area contributed by atoms with Crippen molar-refractivity contribution in [3.8, 4) is 0 Å². The molecule has 0 saturated carbocycles. The van der Waals surface area contributed by atoms with Crippen LogP contribution in [0.2, 0.25) is 0 Å². The molecule has 2 saturated heterocycles. The molecular weight excluding hydrogens is 276 g/mol. The van der Waals surface area contributed by atoms with Crippen molar-refractivity contribution in [1.29, 1.82) is 0 Å². The Morgan fingerprint density at radius 1 is 1.32 bits per heavy atom. The lowest BCUT2D eigenvalue weighted by Crippen LogP contribution is -2.40. The van der Waals surface area contributed by atoms with Gasteiger partial charge in [0, 0.05) is 32.4 Å². The third-order valence-electron chi connectivity index (χ3n) is 4.62. The second kappa shape index (κ2) is 7.58. The minimum atomic E-state index is 0.122. The van der Waals surface area contributed by atoms with Gasteiger partial charge in [0.25, 0.3) is 0 Å². The van der Waals surface area contributed by atoms with Crippen LogP contribution >= 0.6 is 0 Å². The molecule has 0 aromatic carbocycles. The third kappa shape index (κ3) is 3.97. The molecule has 1 atom stereocenters. The van der Waals surface area contributed by atoms with Gasteiger partial charge in [-0.05, 0) is 56.3 Å². The van der Waals surface area contributed by atoms with Crippen LogP contribution < -0.4 is 15.5 Å². The maximum Gasteiger partial charge on any atom is 0.224 e. The third-order valence-corrected chi connectivity index (χ3v) is 4.62. The molecule has 0 spiro atoms. The molecular formula is C17H26N4O. The molecule has 1 unspecified atom stereocenters. The van der Waals surface area contributed by atoms with E-state index in [0.717, 1.165) is 50.4 Å². The van der Waals surface area contributed by atoms with Crippen LogP contribution in [0.15, 0.2) is 18.3 Å². The van der Waals surface area contributed by atoms with E-state index in [1.54, 1.807) is 0 Å². The van der Waals surface area contributed by atoms with Crippen molar-refractivity contribution in [3.63, 3.8) is 0 Å². The Hall–Kier alpha value is -1.62. The van der Waals surface area contributed by atoms with Gasteiger partial charge < -0.3 is 15.5 Å². The van der Waals surface area contributed by atoms with E-state index >= 15 is 0 Å². The van der Waals surface area contributed by atoms with Crippen molar-refractivity contribution in [2.45, 2.75) is 38.6 Å². The molecule has 120 valence electrons. The molecule has 2 aliphatic rings. The summed E-state index contributed by atoms with van der Waals surface area (Å²) in [5.74, 6) is 1.34. The van der Waals surface area contributed by atoms with Crippen molar-refractivity contribution < 1.29 is 4.79 Å². The molecule has 22 heavy (non-hydrogen) atoms. The van der Waals surface area contributed by atoms with E-state index in [0.29, 0.717) is 6.54 Å². The SMILES string of the molecule is O=C(NCc1ccnc(N2CCCCC2)c1)C1CCCNC1. The summed E-state index contributed by atoms with van der Waals surface area (Å²) in [6, 6.07) is 4.11. The quantitative estimate of drug-likeness (QED) is 0.888. The Bertz CT molecular complexity index is 493. The molecule has 3 heterocycles. The zero-order valence-electron chi connectivity index (χ0n) is 13.2. The number of hydrogen-bond acceptors (Lipinski definition) is 4. The summed E-state index contributed by atoms with van der Waals surface area (Å²) in [7, 11) is 0. The monoisotopic (exact) mass is 302 g/mol. The van der Waals surface area contributed by atoms with Crippen molar-refractivity contribution in [3.05, 3.63) is 23.9 Å². The van der Waals surface area contributed by atoms with Gasteiger partial charge in [-0.1, -0.05) is 0 Å². The highest BCUT2D eigenvalue weighted by Crippen LogP contribution is 2.18. The van der Waals surface area contributed by atoms with Gasteiger partial charge >= 0.3 is 0 Å². The van der Waals surface area contributed by atoms with E-state index in [-0.39, 0.29) is 11.8 Å². The Morgan fingerprint density at radius 2 is 2.18 bits per heavy atom. The highest BCUT2D eigenvalue weighted by atomic mass is 16.1. The maximum absolute atomic E-state index is 12.2. The summed E-state index contributed by atoms with van der Waals surface area (Å²) in [5, 5.41) is 6.36. The Labute approximate surface area is 132 Å². The fourth-order valence-electron chi connectivity index (χ4n) is 3.28. The Morgan fingerprint density at radius 3 is 2.95 bits per heavy atom. The number of carbonyl (C=O) groups is 1. The fraction of sp³-hybridized carbons (Fsp3) is 0.647. The molecule has 0 aliphatic carbocycles. The number of amides is 1. The van der Waals surface area contributed by atoms with Crippen molar-refractivity contribution >= 4 is 11.7 Å². The molecule has 2 aliphatic heterocycles. The summed E-state index contributed by atoms with van der Waals surface area (Å²) < 4.78 is 0. The average Bonchev–Trinajstić information content (AvgIpc) is 2.61. The number of nitrogens with zero attached hydrogens (tertiary/aromatic N) is 2. The van der Waals surface area contributed by atoms with Crippen molar-refractivity contribution in [1.82, 2.24) is 15.6 Å². The minimum absolute atomic E-state index is 0.122. The molecule has 0 bridgehead atoms. The van der Waals surface area contributed by atoms with E-state index in [4.69, 9.17) is 0 Å². The second-order valence-electron chi connectivity index (χ2n) is 6.33. The first-order chi connectivity index (χ1) is 10.8. The van der Waals surface area contributed by atoms with Crippen LogP contribution in [0.4, 0.5) is 5.82 Å². The van der Waals surface area contributed by atoms with Crippen molar-refractivity contribution in [2.75, 3.05) is 31.1 Å². The predicted octanol–water partition coefficient (Wildman–Crippen LogP) is 1.69. The van der Waals surface area contributed by atoms with E-state index < -0.39 is 0 Å². The molecule has 5 heteroatoms. The van der Waals surface area contributed by atoms with Crippen LogP contribution in [-0.2, 0) is 11.3 Å². The summed E-state index contributed by atoms with van der Waals surface area (Å²) in [5.41, 5.74) is 1.13. The molecule has 1 aromatic heterocycles. The van der Waals surface area contributed by atoms with Crippen LogP contribution in [-0.4, -0.2) is 37.1 Å². The number of nitrogens with one attached hydrogen (secondary N) is 2. The van der Waals surface area contributed by atoms with Gasteiger partial charge in [-0.2, -0.15) is 0 Å². The number of carbonyl (C=O) groups excluding carboxylic acids is 1. The first kappa shape index (κ1) is 15.3. The summed E-state index contributed by atoms with van der Waals surface area (Å²) in [6.45, 7) is 4.63. The van der Waals surface area contributed by atoms with Crippen LogP contribution in [0.5, 0.6) is 0 Å². The van der Waals surface area contributed by atoms with Gasteiger partial charge in [0.1, 0.15) is 5.82 Å². The molecule has 0 radical (unpaired) electrons. The van der Waals surface area contributed by atoms with Crippen LogP contribution in [0, 0.1) is 5.92 Å². The summed E-state index contributed by atoms with van der Waals surface area (Å²) in [4.78, 5) is 19.0. The minimum Gasteiger partial charge on any atom is -0.357 e. The van der Waals surface area contributed by atoms with E-state index in [1.807, 2.05) is 12.3 Å². The van der Waals surface area contributed by atoms with Crippen molar-refractivity contribution in [2.24, 2.45) is 5.92 Å². The molecule has 2 N–H and O–H groups in total. The van der Waals surface area contributed by atoms with Crippen LogP contribution in [0.25, 0.3) is 0 Å². The molecule has 1 amide bonds. The first-order valence-corrected chi connectivity index (χ1v) is 8.51. The Balaban J connectivity index is 1.54. The van der Waals surface area contributed by atoms with Gasteiger partial charge in [0.2, 0.25) is 5.91 Å². The number of anilines is 1. The van der Waals surface area contributed by atoms with Gasteiger partial charge in [0.15, 0.2) is 0 Å². The molecule has 1 aromatic rings. The maximum atomic E-state index is 12.2. The lowest BCUT2D eigenvalue weighted by atomic mass is 9.99. The standard InChI is InChI=1S/C17H26N4O/c22-17(15-5-4-7-18-13-15)20-12-14-6-8-19-16(11-14)21-9-2-1-3-10-21/h6,8,11,15,18H,1-5,7,9-10,12-13H2,(H,20,22). The van der Waals surface area contributed by atoms with Gasteiger partial charge in [-0.25, -0.2) is 4.98 Å². The van der Waals surface area contributed by atoms with E-state index in [2.05, 4.69) is 26.6 Å². The number of hydrogen-bond donors (Lipinski definition) is 2. The lowest BCUT2D eigenvalue weighted by molar-refractivity contribution is -0.125. The van der Waals surface area contributed by atoms with E-state index in [1.165, 1.54) is 19.3 Å². The summed E-state index contributed by atoms with van der Waals surface area (Å²) in [6.07, 6.45) is 7.75. The molecule has 2 fully saturated rings.